The lowest BCUT2D eigenvalue weighted by Gasteiger charge is -2.46. The lowest BCUT2D eigenvalue weighted by molar-refractivity contribution is -0.149. The number of esters is 1. The number of rotatable bonds is 7. The fraction of sp³-hybridized carbons (Fsp3) is 0.435. The Hall–Kier alpha value is -2.24. The molecule has 154 valence electrons. The lowest BCUT2D eigenvalue weighted by Crippen LogP contribution is -2.65. The number of nitrogens with zero attached hydrogens (tertiary/aromatic N) is 1. The molecule has 0 atom stereocenters. The molecule has 2 aliphatic rings. The molecule has 0 bridgehead atoms. The van der Waals surface area contributed by atoms with E-state index in [1.807, 2.05) is 31.2 Å². The van der Waals surface area contributed by atoms with Gasteiger partial charge in [-0.25, -0.2) is 0 Å². The molecule has 0 unspecified atom stereocenters. The van der Waals surface area contributed by atoms with Crippen LogP contribution in [0.4, 0.5) is 0 Å². The molecule has 0 amide bonds. The van der Waals surface area contributed by atoms with E-state index in [4.69, 9.17) is 25.8 Å². The third-order valence-electron chi connectivity index (χ3n) is 5.54. The highest BCUT2D eigenvalue weighted by molar-refractivity contribution is 6.31. The minimum Gasteiger partial charge on any atom is -0.489 e. The van der Waals surface area contributed by atoms with Crippen molar-refractivity contribution in [3.8, 4) is 11.5 Å². The van der Waals surface area contributed by atoms with Gasteiger partial charge in [0.2, 0.25) is 0 Å². The number of ether oxygens (including phenoxy) is 3. The lowest BCUT2D eigenvalue weighted by atomic mass is 9.89. The molecule has 4 rings (SSSR count). The molecule has 1 fully saturated rings. The molecule has 6 heteroatoms. The largest absolute Gasteiger partial charge is 0.489 e. The highest BCUT2D eigenvalue weighted by atomic mass is 35.5. The zero-order chi connectivity index (χ0) is 20.4. The normalized spacial score (nSPS) is 16.8. The molecule has 1 saturated heterocycles. The van der Waals surface area contributed by atoms with Crippen LogP contribution in [0.25, 0.3) is 0 Å². The molecule has 0 radical (unpaired) electrons. The van der Waals surface area contributed by atoms with Gasteiger partial charge in [-0.1, -0.05) is 36.7 Å². The molecular formula is C23H26ClNO4. The summed E-state index contributed by atoms with van der Waals surface area (Å²) in [5.74, 6) is 1.46. The maximum absolute atomic E-state index is 11.6. The molecule has 0 aliphatic carbocycles. The number of fused-ring (bicyclic) bond motifs is 1. The summed E-state index contributed by atoms with van der Waals surface area (Å²) in [5.41, 5.74) is 3.18. The second-order valence-corrected chi connectivity index (χ2v) is 8.11. The first-order chi connectivity index (χ1) is 14.0. The van der Waals surface area contributed by atoms with Gasteiger partial charge >= 0.3 is 5.97 Å². The number of carbonyl (C=O) groups excluding carboxylic acids is 1. The van der Waals surface area contributed by atoms with Gasteiger partial charge in [-0.2, -0.15) is 0 Å². The van der Waals surface area contributed by atoms with Gasteiger partial charge in [0.05, 0.1) is 13.2 Å². The maximum Gasteiger partial charge on any atom is 0.320 e. The van der Waals surface area contributed by atoms with Gasteiger partial charge in [0.15, 0.2) is 0 Å². The fourth-order valence-electron chi connectivity index (χ4n) is 4.18. The SMILES string of the molecule is CCOC(=O)CN1CC2(Cc3ccc(OCc4c(Cl)cccc4CC)cc3O2)C1. The van der Waals surface area contributed by atoms with E-state index in [9.17, 15) is 4.79 Å². The Morgan fingerprint density at radius 3 is 2.83 bits per heavy atom. The average molecular weight is 416 g/mol. The van der Waals surface area contributed by atoms with Crippen molar-refractivity contribution in [3.63, 3.8) is 0 Å². The maximum atomic E-state index is 11.6. The number of hydrogen-bond donors (Lipinski definition) is 0. The molecule has 1 spiro atoms. The Morgan fingerprint density at radius 2 is 2.07 bits per heavy atom. The van der Waals surface area contributed by atoms with E-state index in [-0.39, 0.29) is 11.6 Å². The van der Waals surface area contributed by atoms with Crippen molar-refractivity contribution in [2.45, 2.75) is 38.9 Å². The first-order valence-electron chi connectivity index (χ1n) is 10.1. The van der Waals surface area contributed by atoms with Crippen LogP contribution in [0, 0.1) is 0 Å². The van der Waals surface area contributed by atoms with E-state index in [1.54, 1.807) is 0 Å². The molecule has 0 aromatic heterocycles. The van der Waals surface area contributed by atoms with Crippen molar-refractivity contribution in [1.82, 2.24) is 4.90 Å². The number of carbonyl (C=O) groups is 1. The quantitative estimate of drug-likeness (QED) is 0.639. The molecule has 2 heterocycles. The van der Waals surface area contributed by atoms with Gasteiger partial charge in [-0.3, -0.25) is 9.69 Å². The second-order valence-electron chi connectivity index (χ2n) is 7.70. The van der Waals surface area contributed by atoms with Crippen molar-refractivity contribution in [1.29, 1.82) is 0 Å². The van der Waals surface area contributed by atoms with Gasteiger partial charge in [-0.05, 0) is 36.6 Å². The van der Waals surface area contributed by atoms with Crippen LogP contribution < -0.4 is 9.47 Å². The highest BCUT2D eigenvalue weighted by Gasteiger charge is 2.49. The van der Waals surface area contributed by atoms with Crippen molar-refractivity contribution in [3.05, 3.63) is 58.1 Å². The fourth-order valence-corrected chi connectivity index (χ4v) is 4.43. The standard InChI is InChI=1S/C23H26ClNO4/c1-3-16-6-5-7-20(24)19(16)13-28-18-9-8-17-11-23(29-21(17)10-18)14-25(15-23)12-22(26)27-4-2/h5-10H,3-4,11-15H2,1-2H3. The number of likely N-dealkylation sites (tertiary alicyclic amines) is 1. The van der Waals surface area contributed by atoms with Crippen LogP contribution in [-0.2, 0) is 29.0 Å². The Morgan fingerprint density at radius 1 is 1.24 bits per heavy atom. The zero-order valence-electron chi connectivity index (χ0n) is 16.9. The van der Waals surface area contributed by atoms with E-state index >= 15 is 0 Å². The molecule has 0 N–H and O–H groups in total. The summed E-state index contributed by atoms with van der Waals surface area (Å²) in [7, 11) is 0. The summed E-state index contributed by atoms with van der Waals surface area (Å²) < 4.78 is 17.3. The Bertz CT molecular complexity index is 908. The number of halogens is 1. The average Bonchev–Trinajstić information content (AvgIpc) is 3.05. The summed E-state index contributed by atoms with van der Waals surface area (Å²) in [5, 5.41) is 0.733. The summed E-state index contributed by atoms with van der Waals surface area (Å²) in [4.78, 5) is 13.7. The van der Waals surface area contributed by atoms with Gasteiger partial charge in [0.1, 0.15) is 23.7 Å². The van der Waals surface area contributed by atoms with Crippen LogP contribution in [0.5, 0.6) is 11.5 Å². The monoisotopic (exact) mass is 415 g/mol. The number of hydrogen-bond acceptors (Lipinski definition) is 5. The molecule has 29 heavy (non-hydrogen) atoms. The Balaban J connectivity index is 1.36. The summed E-state index contributed by atoms with van der Waals surface area (Å²) in [6.07, 6.45) is 1.77. The predicted octanol–water partition coefficient (Wildman–Crippen LogP) is 4.03. The number of benzene rings is 2. The summed E-state index contributed by atoms with van der Waals surface area (Å²) in [6, 6.07) is 12.0. The Kier molecular flexibility index (Phi) is 5.70. The van der Waals surface area contributed by atoms with E-state index in [2.05, 4.69) is 24.0 Å². The topological polar surface area (TPSA) is 48.0 Å². The van der Waals surface area contributed by atoms with E-state index in [0.29, 0.717) is 19.8 Å². The smallest absolute Gasteiger partial charge is 0.320 e. The highest BCUT2D eigenvalue weighted by Crippen LogP contribution is 2.42. The van der Waals surface area contributed by atoms with Crippen LogP contribution >= 0.6 is 11.6 Å². The van der Waals surface area contributed by atoms with Crippen molar-refractivity contribution in [2.75, 3.05) is 26.2 Å². The third kappa shape index (κ3) is 4.21. The predicted molar refractivity (Wildman–Crippen MR) is 112 cm³/mol. The minimum absolute atomic E-state index is 0.181. The van der Waals surface area contributed by atoms with E-state index in [1.165, 1.54) is 11.1 Å². The van der Waals surface area contributed by atoms with E-state index in [0.717, 1.165) is 48.0 Å². The van der Waals surface area contributed by atoms with Crippen LogP contribution in [0.2, 0.25) is 5.02 Å². The molecular weight excluding hydrogens is 390 g/mol. The van der Waals surface area contributed by atoms with Crippen LogP contribution in [0.3, 0.4) is 0 Å². The molecule has 2 aromatic carbocycles. The van der Waals surface area contributed by atoms with Crippen LogP contribution in [0.15, 0.2) is 36.4 Å². The number of aryl methyl sites for hydroxylation is 1. The van der Waals surface area contributed by atoms with Gasteiger partial charge < -0.3 is 14.2 Å². The zero-order valence-corrected chi connectivity index (χ0v) is 17.6. The Labute approximate surface area is 176 Å². The molecule has 2 aromatic rings. The van der Waals surface area contributed by atoms with Crippen LogP contribution in [-0.4, -0.2) is 42.7 Å². The van der Waals surface area contributed by atoms with Gasteiger partial charge in [-0.15, -0.1) is 0 Å². The minimum atomic E-state index is -0.231. The first kappa shape index (κ1) is 20.0. The van der Waals surface area contributed by atoms with Gasteiger partial charge in [0, 0.05) is 36.2 Å². The molecule has 2 aliphatic heterocycles. The third-order valence-corrected chi connectivity index (χ3v) is 5.89. The van der Waals surface area contributed by atoms with Gasteiger partial charge in [0.25, 0.3) is 0 Å². The summed E-state index contributed by atoms with van der Waals surface area (Å²) >= 11 is 6.36. The first-order valence-corrected chi connectivity index (χ1v) is 10.5. The molecule has 0 saturated carbocycles. The van der Waals surface area contributed by atoms with Crippen molar-refractivity contribution < 1.29 is 19.0 Å². The van der Waals surface area contributed by atoms with Crippen LogP contribution in [0.1, 0.15) is 30.5 Å². The van der Waals surface area contributed by atoms with Crippen molar-refractivity contribution in [2.24, 2.45) is 0 Å². The second kappa shape index (κ2) is 8.25. The summed E-state index contributed by atoms with van der Waals surface area (Å²) in [6.45, 7) is 6.56. The van der Waals surface area contributed by atoms with Crippen molar-refractivity contribution >= 4 is 17.6 Å². The molecule has 5 nitrogen and oxygen atoms in total. The van der Waals surface area contributed by atoms with E-state index < -0.39 is 0 Å².